The molecule has 2 amide bonds. The summed E-state index contributed by atoms with van der Waals surface area (Å²) >= 11 is 0. The van der Waals surface area contributed by atoms with E-state index in [4.69, 9.17) is 14.2 Å². The van der Waals surface area contributed by atoms with Gasteiger partial charge in [-0.2, -0.15) is 0 Å². The maximum Gasteiger partial charge on any atom is 0.337 e. The molecule has 0 bridgehead atoms. The average molecular weight is 372 g/mol. The van der Waals surface area contributed by atoms with Crippen LogP contribution in [0, 0.1) is 0 Å². The van der Waals surface area contributed by atoms with E-state index in [2.05, 4.69) is 5.32 Å². The van der Waals surface area contributed by atoms with E-state index in [1.54, 1.807) is 56.5 Å². The van der Waals surface area contributed by atoms with E-state index in [0.717, 1.165) is 5.56 Å². The lowest BCUT2D eigenvalue weighted by Gasteiger charge is -2.27. The Morgan fingerprint density at radius 1 is 1.04 bits per heavy atom. The lowest BCUT2D eigenvalue weighted by atomic mass is 10.1. The smallest absolute Gasteiger partial charge is 0.337 e. The topological polar surface area (TPSA) is 77.1 Å². The Bertz CT molecular complexity index is 822. The van der Waals surface area contributed by atoms with Crippen LogP contribution in [0.5, 0.6) is 11.5 Å². The Hall–Kier alpha value is -3.22. The van der Waals surface area contributed by atoms with Crippen molar-refractivity contribution >= 4 is 17.7 Å². The van der Waals surface area contributed by atoms with E-state index in [-0.39, 0.29) is 12.1 Å². The fraction of sp³-hybridized carbons (Fsp3) is 0.300. The number of benzene rings is 2. The number of hydrogen-bond acceptors (Lipinski definition) is 5. The molecule has 144 valence electrons. The number of ether oxygens (including phenoxy) is 3. The van der Waals surface area contributed by atoms with Crippen LogP contribution in [0.3, 0.4) is 0 Å². The summed E-state index contributed by atoms with van der Waals surface area (Å²) < 4.78 is 15.3. The number of esters is 1. The number of amides is 2. The number of nitrogens with one attached hydrogen (secondary N) is 1. The second kappa shape index (κ2) is 8.93. The molecule has 0 fully saturated rings. The highest BCUT2D eigenvalue weighted by molar-refractivity contribution is 5.94. The van der Waals surface area contributed by atoms with Gasteiger partial charge < -0.3 is 24.4 Å². The SMILES string of the molecule is COC(=O)c1cccc(NC(=O)N(C)[C@@H](C)c2ccc(OC)cc2OC)c1. The quantitative estimate of drug-likeness (QED) is 0.782. The molecule has 0 aliphatic carbocycles. The molecule has 0 aliphatic heterocycles. The van der Waals surface area contributed by atoms with Gasteiger partial charge in [-0.25, -0.2) is 9.59 Å². The molecule has 0 radical (unpaired) electrons. The molecule has 2 aromatic carbocycles. The first kappa shape index (κ1) is 20.1. The molecule has 0 aromatic heterocycles. The highest BCUT2D eigenvalue weighted by Crippen LogP contribution is 2.32. The minimum atomic E-state index is -0.462. The summed E-state index contributed by atoms with van der Waals surface area (Å²) in [7, 11) is 6.16. The van der Waals surface area contributed by atoms with Crippen molar-refractivity contribution in [1.82, 2.24) is 4.90 Å². The third-order valence-electron chi connectivity index (χ3n) is 4.33. The zero-order chi connectivity index (χ0) is 20.0. The van der Waals surface area contributed by atoms with Crippen LogP contribution < -0.4 is 14.8 Å². The largest absolute Gasteiger partial charge is 0.497 e. The van der Waals surface area contributed by atoms with Crippen LogP contribution in [-0.4, -0.2) is 45.3 Å². The highest BCUT2D eigenvalue weighted by Gasteiger charge is 2.21. The van der Waals surface area contributed by atoms with Crippen molar-refractivity contribution in [3.8, 4) is 11.5 Å². The zero-order valence-electron chi connectivity index (χ0n) is 16.1. The molecule has 0 unspecified atom stereocenters. The number of anilines is 1. The number of rotatable bonds is 6. The van der Waals surface area contributed by atoms with E-state index in [1.165, 1.54) is 7.11 Å². The number of nitrogens with zero attached hydrogens (tertiary/aromatic N) is 1. The second-order valence-electron chi connectivity index (χ2n) is 5.90. The van der Waals surface area contributed by atoms with Crippen LogP contribution in [0.25, 0.3) is 0 Å². The van der Waals surface area contributed by atoms with Gasteiger partial charge in [0.25, 0.3) is 0 Å². The molecule has 0 saturated carbocycles. The third-order valence-corrected chi connectivity index (χ3v) is 4.33. The normalized spacial score (nSPS) is 11.3. The Labute approximate surface area is 158 Å². The minimum Gasteiger partial charge on any atom is -0.497 e. The fourth-order valence-electron chi connectivity index (χ4n) is 2.60. The molecule has 7 nitrogen and oxygen atoms in total. The van der Waals surface area contributed by atoms with Crippen molar-refractivity contribution < 1.29 is 23.8 Å². The predicted molar refractivity (Wildman–Crippen MR) is 103 cm³/mol. The summed E-state index contributed by atoms with van der Waals surface area (Å²) in [6.45, 7) is 1.90. The molecule has 0 aliphatic rings. The van der Waals surface area contributed by atoms with Crippen molar-refractivity contribution in [2.75, 3.05) is 33.7 Å². The summed E-state index contributed by atoms with van der Waals surface area (Å²) in [5.41, 5.74) is 1.71. The summed E-state index contributed by atoms with van der Waals surface area (Å²) in [4.78, 5) is 25.8. The van der Waals surface area contributed by atoms with Crippen LogP contribution in [0.4, 0.5) is 10.5 Å². The van der Waals surface area contributed by atoms with Gasteiger partial charge in [-0.15, -0.1) is 0 Å². The van der Waals surface area contributed by atoms with Gasteiger partial charge >= 0.3 is 12.0 Å². The van der Waals surface area contributed by atoms with Crippen molar-refractivity contribution in [3.05, 3.63) is 53.6 Å². The van der Waals surface area contributed by atoms with Crippen molar-refractivity contribution in [2.45, 2.75) is 13.0 Å². The van der Waals surface area contributed by atoms with Crippen LogP contribution in [0.1, 0.15) is 28.9 Å². The standard InChI is InChI=1S/C20H24N2O5/c1-13(17-10-9-16(25-3)12-18(17)26-4)22(2)20(24)21-15-8-6-7-14(11-15)19(23)27-5/h6-13H,1-5H3,(H,21,24)/t13-/m0/s1. The van der Waals surface area contributed by atoms with Gasteiger partial charge in [0.15, 0.2) is 0 Å². The number of urea groups is 1. The first-order chi connectivity index (χ1) is 12.9. The van der Waals surface area contributed by atoms with E-state index in [9.17, 15) is 9.59 Å². The molecule has 7 heteroatoms. The van der Waals surface area contributed by atoms with Gasteiger partial charge in [-0.1, -0.05) is 6.07 Å². The molecule has 0 saturated heterocycles. The monoisotopic (exact) mass is 372 g/mol. The lowest BCUT2D eigenvalue weighted by Crippen LogP contribution is -2.33. The van der Waals surface area contributed by atoms with Crippen molar-refractivity contribution in [3.63, 3.8) is 0 Å². The summed E-state index contributed by atoms with van der Waals surface area (Å²) in [5.74, 6) is 0.847. The van der Waals surface area contributed by atoms with Crippen LogP contribution in [0.2, 0.25) is 0 Å². The molecular weight excluding hydrogens is 348 g/mol. The fourth-order valence-corrected chi connectivity index (χ4v) is 2.60. The summed E-state index contributed by atoms with van der Waals surface area (Å²) in [6.07, 6.45) is 0. The van der Waals surface area contributed by atoms with Crippen molar-refractivity contribution in [2.24, 2.45) is 0 Å². The summed E-state index contributed by atoms with van der Waals surface area (Å²) in [6, 6.07) is 11.5. The minimum absolute atomic E-state index is 0.255. The zero-order valence-corrected chi connectivity index (χ0v) is 16.1. The molecule has 0 heterocycles. The van der Waals surface area contributed by atoms with Gasteiger partial charge in [0.05, 0.1) is 32.9 Å². The number of hydrogen-bond donors (Lipinski definition) is 1. The van der Waals surface area contributed by atoms with Crippen LogP contribution in [0.15, 0.2) is 42.5 Å². The van der Waals surface area contributed by atoms with Gasteiger partial charge in [0.2, 0.25) is 0 Å². The van der Waals surface area contributed by atoms with E-state index < -0.39 is 5.97 Å². The number of carbonyl (C=O) groups is 2. The maximum atomic E-state index is 12.6. The molecule has 27 heavy (non-hydrogen) atoms. The predicted octanol–water partition coefficient (Wildman–Crippen LogP) is 3.72. The average Bonchev–Trinajstić information content (AvgIpc) is 2.71. The highest BCUT2D eigenvalue weighted by atomic mass is 16.5. The first-order valence-corrected chi connectivity index (χ1v) is 8.35. The lowest BCUT2D eigenvalue weighted by molar-refractivity contribution is 0.0600. The van der Waals surface area contributed by atoms with Gasteiger partial charge in [0.1, 0.15) is 11.5 Å². The molecule has 2 aromatic rings. The van der Waals surface area contributed by atoms with Gasteiger partial charge in [0, 0.05) is 24.4 Å². The molecular formula is C20H24N2O5. The molecule has 2 rings (SSSR count). The number of methoxy groups -OCH3 is 3. The van der Waals surface area contributed by atoms with Crippen LogP contribution in [-0.2, 0) is 4.74 Å². The first-order valence-electron chi connectivity index (χ1n) is 8.35. The third kappa shape index (κ3) is 4.69. The van der Waals surface area contributed by atoms with E-state index in [1.807, 2.05) is 19.1 Å². The van der Waals surface area contributed by atoms with Gasteiger partial charge in [-0.3, -0.25) is 0 Å². The molecule has 0 spiro atoms. The Balaban J connectivity index is 2.16. The Morgan fingerprint density at radius 3 is 2.41 bits per heavy atom. The molecule has 1 N–H and O–H groups in total. The van der Waals surface area contributed by atoms with E-state index >= 15 is 0 Å². The van der Waals surface area contributed by atoms with Crippen molar-refractivity contribution in [1.29, 1.82) is 0 Å². The maximum absolute atomic E-state index is 12.6. The number of carbonyl (C=O) groups excluding carboxylic acids is 2. The van der Waals surface area contributed by atoms with E-state index in [0.29, 0.717) is 22.7 Å². The molecule has 1 atom stereocenters. The Kier molecular flexibility index (Phi) is 6.65. The second-order valence-corrected chi connectivity index (χ2v) is 5.90. The van der Waals surface area contributed by atoms with Crippen LogP contribution >= 0.6 is 0 Å². The van der Waals surface area contributed by atoms with Gasteiger partial charge in [-0.05, 0) is 37.3 Å². The Morgan fingerprint density at radius 2 is 1.78 bits per heavy atom. The summed E-state index contributed by atoms with van der Waals surface area (Å²) in [5, 5.41) is 2.79.